The van der Waals surface area contributed by atoms with Crippen molar-refractivity contribution < 1.29 is 9.53 Å². The van der Waals surface area contributed by atoms with Crippen molar-refractivity contribution in [3.63, 3.8) is 0 Å². The van der Waals surface area contributed by atoms with Gasteiger partial charge in [0.15, 0.2) is 5.65 Å². The van der Waals surface area contributed by atoms with E-state index in [4.69, 9.17) is 4.74 Å². The fraction of sp³-hybridized carbons (Fsp3) is 0.467. The second-order valence-corrected chi connectivity index (χ2v) is 6.84. The number of methoxy groups -OCH3 is 1. The zero-order valence-corrected chi connectivity index (χ0v) is 13.1. The Balaban J connectivity index is 1.85. The molecular formula is C15H19N3O2S. The Morgan fingerprint density at radius 1 is 1.57 bits per heavy atom. The Morgan fingerprint density at radius 3 is 3.19 bits per heavy atom. The number of imidazole rings is 1. The summed E-state index contributed by atoms with van der Waals surface area (Å²) in [5.74, 6) is 0.822. The van der Waals surface area contributed by atoms with Crippen LogP contribution in [0.5, 0.6) is 0 Å². The number of thioether (sulfide) groups is 1. The molecule has 5 nitrogen and oxygen atoms in total. The number of esters is 1. The number of ether oxygens (including phenoxy) is 1. The highest BCUT2D eigenvalue weighted by Crippen LogP contribution is 2.20. The minimum atomic E-state index is -0.347. The lowest BCUT2D eigenvalue weighted by atomic mass is 10.3. The van der Waals surface area contributed by atoms with Crippen molar-refractivity contribution in [3.8, 4) is 0 Å². The number of fused-ring (bicyclic) bond motifs is 1. The van der Waals surface area contributed by atoms with Crippen LogP contribution in [0.1, 0.15) is 23.0 Å². The van der Waals surface area contributed by atoms with Crippen molar-refractivity contribution in [2.45, 2.75) is 18.7 Å². The van der Waals surface area contributed by atoms with E-state index in [-0.39, 0.29) is 5.97 Å². The molecule has 0 N–H and O–H groups in total. The summed E-state index contributed by atoms with van der Waals surface area (Å²) < 4.78 is 6.70. The van der Waals surface area contributed by atoms with Gasteiger partial charge >= 0.3 is 5.97 Å². The lowest BCUT2D eigenvalue weighted by Crippen LogP contribution is -2.36. The molecule has 2 aromatic heterocycles. The van der Waals surface area contributed by atoms with Crippen molar-refractivity contribution in [3.05, 3.63) is 35.8 Å². The summed E-state index contributed by atoms with van der Waals surface area (Å²) in [6, 6.07) is 3.59. The number of carbonyl (C=O) groups excluding carboxylic acids is 1. The number of carbonyl (C=O) groups is 1. The Kier molecular flexibility index (Phi) is 4.17. The van der Waals surface area contributed by atoms with Gasteiger partial charge in [-0.1, -0.05) is 6.92 Å². The van der Waals surface area contributed by atoms with E-state index in [1.165, 1.54) is 12.9 Å². The van der Waals surface area contributed by atoms with Crippen molar-refractivity contribution in [1.82, 2.24) is 14.3 Å². The Bertz CT molecular complexity index is 655. The number of pyridine rings is 1. The Labute approximate surface area is 128 Å². The maximum absolute atomic E-state index is 11.8. The summed E-state index contributed by atoms with van der Waals surface area (Å²) >= 11 is 2.02. The normalized spacial score (nSPS) is 19.8. The third kappa shape index (κ3) is 3.06. The topological polar surface area (TPSA) is 46.8 Å². The predicted octanol–water partition coefficient (Wildman–Crippen LogP) is 2.06. The molecule has 1 atom stereocenters. The van der Waals surface area contributed by atoms with Crippen LogP contribution in [0.2, 0.25) is 0 Å². The molecule has 3 rings (SSSR count). The fourth-order valence-electron chi connectivity index (χ4n) is 2.67. The zero-order chi connectivity index (χ0) is 14.8. The standard InChI is InChI=1S/C15H19N3O2S/c1-11-8-17(6-7-21-11)9-12-10-18-5-3-4-13(14(18)16-12)15(19)20-2/h3-5,10-11H,6-9H2,1-2H3/t11-/m1/s1. The molecule has 21 heavy (non-hydrogen) atoms. The van der Waals surface area contributed by atoms with Gasteiger partial charge in [0, 0.05) is 43.0 Å². The van der Waals surface area contributed by atoms with Crippen LogP contribution in [0.3, 0.4) is 0 Å². The number of nitrogens with zero attached hydrogens (tertiary/aromatic N) is 3. The molecule has 6 heteroatoms. The lowest BCUT2D eigenvalue weighted by Gasteiger charge is -2.29. The average molecular weight is 305 g/mol. The van der Waals surface area contributed by atoms with Crippen molar-refractivity contribution >= 4 is 23.4 Å². The number of rotatable bonds is 3. The van der Waals surface area contributed by atoms with Gasteiger partial charge in [-0.05, 0) is 12.1 Å². The molecule has 0 spiro atoms. The van der Waals surface area contributed by atoms with E-state index in [1.807, 2.05) is 34.6 Å². The van der Waals surface area contributed by atoms with Crippen LogP contribution >= 0.6 is 11.8 Å². The van der Waals surface area contributed by atoms with Gasteiger partial charge in [-0.2, -0.15) is 11.8 Å². The van der Waals surface area contributed by atoms with E-state index in [1.54, 1.807) is 6.07 Å². The lowest BCUT2D eigenvalue weighted by molar-refractivity contribution is 0.0602. The summed E-state index contributed by atoms with van der Waals surface area (Å²) in [5.41, 5.74) is 2.16. The van der Waals surface area contributed by atoms with Gasteiger partial charge < -0.3 is 9.14 Å². The first kappa shape index (κ1) is 14.4. The van der Waals surface area contributed by atoms with Gasteiger partial charge in [0.1, 0.15) is 5.56 Å². The van der Waals surface area contributed by atoms with Gasteiger partial charge in [0.25, 0.3) is 0 Å². The Hall–Kier alpha value is -1.53. The van der Waals surface area contributed by atoms with Gasteiger partial charge in [-0.3, -0.25) is 4.90 Å². The van der Waals surface area contributed by atoms with Gasteiger partial charge in [0.2, 0.25) is 0 Å². The smallest absolute Gasteiger partial charge is 0.341 e. The number of aromatic nitrogens is 2. The van der Waals surface area contributed by atoms with Gasteiger partial charge in [-0.15, -0.1) is 0 Å². The molecule has 0 radical (unpaired) electrons. The van der Waals surface area contributed by atoms with E-state index in [2.05, 4.69) is 16.8 Å². The summed E-state index contributed by atoms with van der Waals surface area (Å²) in [4.78, 5) is 18.8. The molecule has 1 aliphatic heterocycles. The molecule has 0 aliphatic carbocycles. The predicted molar refractivity (Wildman–Crippen MR) is 83.7 cm³/mol. The molecule has 0 aromatic carbocycles. The third-order valence-corrected chi connectivity index (χ3v) is 4.79. The van der Waals surface area contributed by atoms with E-state index < -0.39 is 0 Å². The van der Waals surface area contributed by atoms with Crippen molar-refractivity contribution in [2.24, 2.45) is 0 Å². The van der Waals surface area contributed by atoms with Crippen LogP contribution in [-0.2, 0) is 11.3 Å². The fourth-order valence-corrected chi connectivity index (χ4v) is 3.75. The number of hydrogen-bond donors (Lipinski definition) is 0. The van der Waals surface area contributed by atoms with Crippen LogP contribution in [-0.4, -0.2) is 51.5 Å². The van der Waals surface area contributed by atoms with Crippen LogP contribution in [0.4, 0.5) is 0 Å². The van der Waals surface area contributed by atoms with Gasteiger partial charge in [-0.25, -0.2) is 9.78 Å². The van der Waals surface area contributed by atoms with Gasteiger partial charge in [0.05, 0.1) is 12.8 Å². The van der Waals surface area contributed by atoms with Crippen LogP contribution < -0.4 is 0 Å². The number of hydrogen-bond acceptors (Lipinski definition) is 5. The minimum absolute atomic E-state index is 0.347. The molecule has 1 saturated heterocycles. The molecule has 0 bridgehead atoms. The highest BCUT2D eigenvalue weighted by molar-refractivity contribution is 7.99. The first-order valence-electron chi connectivity index (χ1n) is 7.06. The average Bonchev–Trinajstić information content (AvgIpc) is 2.88. The highest BCUT2D eigenvalue weighted by atomic mass is 32.2. The zero-order valence-electron chi connectivity index (χ0n) is 12.3. The summed E-state index contributed by atoms with van der Waals surface area (Å²) in [7, 11) is 1.39. The quantitative estimate of drug-likeness (QED) is 0.812. The molecule has 1 fully saturated rings. The van der Waals surface area contributed by atoms with E-state index in [0.717, 1.165) is 25.3 Å². The largest absolute Gasteiger partial charge is 0.465 e. The second-order valence-electron chi connectivity index (χ2n) is 5.29. The molecule has 3 heterocycles. The molecule has 1 aliphatic rings. The Morgan fingerprint density at radius 2 is 2.43 bits per heavy atom. The molecule has 2 aromatic rings. The molecule has 0 saturated carbocycles. The van der Waals surface area contributed by atoms with Crippen molar-refractivity contribution in [1.29, 1.82) is 0 Å². The maximum Gasteiger partial charge on any atom is 0.341 e. The molecule has 112 valence electrons. The van der Waals surface area contributed by atoms with Crippen molar-refractivity contribution in [2.75, 3.05) is 26.0 Å². The SMILES string of the molecule is COC(=O)c1cccn2cc(CN3CCS[C@H](C)C3)nc12. The summed E-state index contributed by atoms with van der Waals surface area (Å²) in [6.45, 7) is 5.26. The van der Waals surface area contributed by atoms with Crippen LogP contribution in [0, 0.1) is 0 Å². The highest BCUT2D eigenvalue weighted by Gasteiger charge is 2.19. The van der Waals surface area contributed by atoms with Crippen LogP contribution in [0.25, 0.3) is 5.65 Å². The first-order chi connectivity index (χ1) is 10.2. The molecule has 0 unspecified atom stereocenters. The monoisotopic (exact) mass is 305 g/mol. The minimum Gasteiger partial charge on any atom is -0.465 e. The molecule has 0 amide bonds. The second kappa shape index (κ2) is 6.07. The van der Waals surface area contributed by atoms with E-state index >= 15 is 0 Å². The van der Waals surface area contributed by atoms with E-state index in [9.17, 15) is 4.79 Å². The summed E-state index contributed by atoms with van der Waals surface area (Å²) in [6.07, 6.45) is 3.90. The first-order valence-corrected chi connectivity index (χ1v) is 8.11. The third-order valence-electron chi connectivity index (χ3n) is 3.65. The maximum atomic E-state index is 11.8. The van der Waals surface area contributed by atoms with Crippen LogP contribution in [0.15, 0.2) is 24.5 Å². The molecular weight excluding hydrogens is 286 g/mol. The van der Waals surface area contributed by atoms with E-state index in [0.29, 0.717) is 16.5 Å². The summed E-state index contributed by atoms with van der Waals surface area (Å²) in [5, 5.41) is 0.668.